The van der Waals surface area contributed by atoms with E-state index in [2.05, 4.69) is 12.2 Å². The van der Waals surface area contributed by atoms with Gasteiger partial charge in [0.1, 0.15) is 0 Å². The Morgan fingerprint density at radius 3 is 2.81 bits per heavy atom. The van der Waals surface area contributed by atoms with E-state index in [1.807, 2.05) is 0 Å². The van der Waals surface area contributed by atoms with Crippen LogP contribution in [0, 0.1) is 11.8 Å². The van der Waals surface area contributed by atoms with Gasteiger partial charge in [-0.25, -0.2) is 0 Å². The van der Waals surface area contributed by atoms with E-state index in [-0.39, 0.29) is 11.5 Å². The highest BCUT2D eigenvalue weighted by Crippen LogP contribution is 2.36. The molecular weight excluding hydrogens is 200 g/mol. The van der Waals surface area contributed by atoms with Crippen molar-refractivity contribution in [2.45, 2.75) is 57.4 Å². The molecule has 0 aromatic rings. The van der Waals surface area contributed by atoms with Crippen LogP contribution in [0.25, 0.3) is 0 Å². The van der Waals surface area contributed by atoms with Gasteiger partial charge < -0.3 is 11.1 Å². The molecule has 3 N–H and O–H groups in total. The fraction of sp³-hybridized carbons (Fsp3) is 0.923. The van der Waals surface area contributed by atoms with Gasteiger partial charge >= 0.3 is 0 Å². The average molecular weight is 224 g/mol. The highest BCUT2D eigenvalue weighted by Gasteiger charge is 2.40. The Hall–Kier alpha value is -0.570. The van der Waals surface area contributed by atoms with Crippen LogP contribution in [0.1, 0.15) is 51.9 Å². The van der Waals surface area contributed by atoms with E-state index in [1.165, 1.54) is 12.8 Å². The van der Waals surface area contributed by atoms with E-state index in [0.29, 0.717) is 11.8 Å². The maximum Gasteiger partial charge on any atom is 0.223 e. The van der Waals surface area contributed by atoms with Crippen molar-refractivity contribution in [2.24, 2.45) is 17.6 Å². The maximum absolute atomic E-state index is 12.1. The molecular formula is C13H24N2O. The summed E-state index contributed by atoms with van der Waals surface area (Å²) in [7, 11) is 0. The highest BCUT2D eigenvalue weighted by atomic mass is 16.2. The molecule has 2 unspecified atom stereocenters. The molecule has 3 heteroatoms. The molecule has 0 heterocycles. The quantitative estimate of drug-likeness (QED) is 0.765. The van der Waals surface area contributed by atoms with Crippen molar-refractivity contribution in [3.8, 4) is 0 Å². The van der Waals surface area contributed by atoms with E-state index in [9.17, 15) is 4.79 Å². The number of nitrogens with one attached hydrogen (secondary N) is 1. The average Bonchev–Trinajstić information content (AvgIpc) is 2.97. The van der Waals surface area contributed by atoms with Gasteiger partial charge in [-0.1, -0.05) is 12.8 Å². The summed E-state index contributed by atoms with van der Waals surface area (Å²) in [6.07, 6.45) is 7.97. The summed E-state index contributed by atoms with van der Waals surface area (Å²) in [5.74, 6) is 1.23. The van der Waals surface area contributed by atoms with Gasteiger partial charge in [-0.3, -0.25) is 4.79 Å². The number of nitrogens with two attached hydrogens (primary N) is 1. The molecule has 92 valence electrons. The molecule has 3 nitrogen and oxygen atoms in total. The summed E-state index contributed by atoms with van der Waals surface area (Å²) >= 11 is 0. The van der Waals surface area contributed by atoms with Gasteiger partial charge in [-0.2, -0.15) is 0 Å². The third-order valence-corrected chi connectivity index (χ3v) is 4.15. The lowest BCUT2D eigenvalue weighted by atomic mass is 9.79. The Kier molecular flexibility index (Phi) is 3.53. The van der Waals surface area contributed by atoms with E-state index in [4.69, 9.17) is 5.73 Å². The molecule has 1 amide bonds. The van der Waals surface area contributed by atoms with Crippen LogP contribution in [-0.2, 0) is 4.79 Å². The number of rotatable bonds is 4. The van der Waals surface area contributed by atoms with Crippen molar-refractivity contribution < 1.29 is 4.79 Å². The van der Waals surface area contributed by atoms with Gasteiger partial charge in [0, 0.05) is 11.5 Å². The fourth-order valence-electron chi connectivity index (χ4n) is 2.74. The zero-order valence-corrected chi connectivity index (χ0v) is 10.3. The van der Waals surface area contributed by atoms with Crippen LogP contribution in [0.5, 0.6) is 0 Å². The van der Waals surface area contributed by atoms with Gasteiger partial charge in [0.25, 0.3) is 0 Å². The molecule has 2 fully saturated rings. The molecule has 0 aromatic carbocycles. The van der Waals surface area contributed by atoms with Crippen molar-refractivity contribution in [2.75, 3.05) is 6.54 Å². The van der Waals surface area contributed by atoms with E-state index in [1.54, 1.807) is 0 Å². The zero-order valence-electron chi connectivity index (χ0n) is 10.3. The Labute approximate surface area is 98.2 Å². The largest absolute Gasteiger partial charge is 0.351 e. The monoisotopic (exact) mass is 224 g/mol. The van der Waals surface area contributed by atoms with Gasteiger partial charge in [0.05, 0.1) is 0 Å². The third-order valence-electron chi connectivity index (χ3n) is 4.15. The molecule has 2 atom stereocenters. The first-order valence-electron chi connectivity index (χ1n) is 6.65. The second kappa shape index (κ2) is 4.74. The van der Waals surface area contributed by atoms with Crippen LogP contribution in [0.4, 0.5) is 0 Å². The number of hydrogen-bond donors (Lipinski definition) is 2. The second-order valence-corrected chi connectivity index (χ2v) is 5.86. The van der Waals surface area contributed by atoms with Gasteiger partial charge in [-0.15, -0.1) is 0 Å². The number of carbonyl (C=O) groups is 1. The molecule has 0 radical (unpaired) electrons. The highest BCUT2D eigenvalue weighted by molar-refractivity contribution is 5.79. The lowest BCUT2D eigenvalue weighted by Gasteiger charge is -2.29. The topological polar surface area (TPSA) is 55.1 Å². The SMILES string of the molecule is CC1(NC(=O)C2CCCC(CCN)C2)CC1. The Balaban J connectivity index is 1.81. The zero-order chi connectivity index (χ0) is 11.6. The molecule has 2 aliphatic carbocycles. The van der Waals surface area contributed by atoms with Crippen molar-refractivity contribution in [1.29, 1.82) is 0 Å². The van der Waals surface area contributed by atoms with Gasteiger partial charge in [-0.05, 0) is 51.5 Å². The minimum absolute atomic E-state index is 0.137. The summed E-state index contributed by atoms with van der Waals surface area (Å²) in [5, 5.41) is 3.19. The van der Waals surface area contributed by atoms with Crippen molar-refractivity contribution in [3.63, 3.8) is 0 Å². The first-order valence-corrected chi connectivity index (χ1v) is 6.65. The summed E-state index contributed by atoms with van der Waals surface area (Å²) in [6.45, 7) is 2.90. The summed E-state index contributed by atoms with van der Waals surface area (Å²) in [6, 6.07) is 0. The normalized spacial score (nSPS) is 32.1. The first-order chi connectivity index (χ1) is 7.63. The van der Waals surface area contributed by atoms with Crippen LogP contribution < -0.4 is 11.1 Å². The standard InChI is InChI=1S/C13H24N2O/c1-13(6-7-13)15-12(16)11-4-2-3-10(9-11)5-8-14/h10-11H,2-9,14H2,1H3,(H,15,16). The van der Waals surface area contributed by atoms with Crippen LogP contribution >= 0.6 is 0 Å². The van der Waals surface area contributed by atoms with E-state index in [0.717, 1.165) is 38.6 Å². The van der Waals surface area contributed by atoms with E-state index >= 15 is 0 Å². The molecule has 0 aromatic heterocycles. The minimum atomic E-state index is 0.137. The van der Waals surface area contributed by atoms with Crippen LogP contribution in [-0.4, -0.2) is 18.0 Å². The molecule has 0 saturated heterocycles. The third kappa shape index (κ3) is 2.97. The predicted octanol–water partition coefficient (Wildman–Crippen LogP) is 1.81. The van der Waals surface area contributed by atoms with Gasteiger partial charge in [0.15, 0.2) is 0 Å². The summed E-state index contributed by atoms with van der Waals surface area (Å²) < 4.78 is 0. The minimum Gasteiger partial charge on any atom is -0.351 e. The Morgan fingerprint density at radius 2 is 2.19 bits per heavy atom. The molecule has 0 aliphatic heterocycles. The number of carbonyl (C=O) groups excluding carboxylic acids is 1. The molecule has 0 bridgehead atoms. The lowest BCUT2D eigenvalue weighted by molar-refractivity contribution is -0.127. The maximum atomic E-state index is 12.1. The van der Waals surface area contributed by atoms with Crippen LogP contribution in [0.15, 0.2) is 0 Å². The smallest absolute Gasteiger partial charge is 0.223 e. The van der Waals surface area contributed by atoms with E-state index < -0.39 is 0 Å². The van der Waals surface area contributed by atoms with Crippen molar-refractivity contribution >= 4 is 5.91 Å². The predicted molar refractivity (Wildman–Crippen MR) is 64.9 cm³/mol. The van der Waals surface area contributed by atoms with Crippen LogP contribution in [0.3, 0.4) is 0 Å². The molecule has 0 spiro atoms. The number of amides is 1. The second-order valence-electron chi connectivity index (χ2n) is 5.86. The van der Waals surface area contributed by atoms with Crippen molar-refractivity contribution in [1.82, 2.24) is 5.32 Å². The summed E-state index contributed by atoms with van der Waals surface area (Å²) in [4.78, 5) is 12.1. The Morgan fingerprint density at radius 1 is 1.44 bits per heavy atom. The van der Waals surface area contributed by atoms with Crippen molar-refractivity contribution in [3.05, 3.63) is 0 Å². The fourth-order valence-corrected chi connectivity index (χ4v) is 2.74. The molecule has 16 heavy (non-hydrogen) atoms. The van der Waals surface area contributed by atoms with Gasteiger partial charge in [0.2, 0.25) is 5.91 Å². The molecule has 2 aliphatic rings. The first kappa shape index (κ1) is 11.9. The van der Waals surface area contributed by atoms with Crippen LogP contribution in [0.2, 0.25) is 0 Å². The molecule has 2 saturated carbocycles. The Bertz CT molecular complexity index is 259. The number of hydrogen-bond acceptors (Lipinski definition) is 2. The molecule has 2 rings (SSSR count). The summed E-state index contributed by atoms with van der Waals surface area (Å²) in [5.41, 5.74) is 5.73. The lowest BCUT2D eigenvalue weighted by Crippen LogP contribution is -2.40.